The van der Waals surface area contributed by atoms with E-state index in [4.69, 9.17) is 17.0 Å². The van der Waals surface area contributed by atoms with Gasteiger partial charge in [-0.05, 0) is 17.7 Å². The maximum Gasteiger partial charge on any atom is 0.224 e. The average Bonchev–Trinajstić information content (AvgIpc) is 2.87. The van der Waals surface area contributed by atoms with Gasteiger partial charge < -0.3 is 9.98 Å². The molecule has 114 valence electrons. The lowest BCUT2D eigenvalue weighted by Crippen LogP contribution is -2.38. The normalized spacial score (nSPS) is 13.8. The third-order valence-electron chi connectivity index (χ3n) is 4.37. The first-order valence-electron chi connectivity index (χ1n) is 7.41. The lowest BCUT2D eigenvalue weighted by atomic mass is 9.95. The average molecular weight is 325 g/mol. The third kappa shape index (κ3) is 2.18. The molecule has 4 rings (SSSR count). The van der Waals surface area contributed by atoms with Gasteiger partial charge in [0.05, 0.1) is 17.5 Å². The number of nitrogens with zero attached hydrogens (tertiary/aromatic N) is 2. The number of pyridine rings is 1. The van der Waals surface area contributed by atoms with Gasteiger partial charge in [0.15, 0.2) is 11.9 Å². The molecule has 0 amide bonds. The van der Waals surface area contributed by atoms with Crippen LogP contribution in [-0.4, -0.2) is 16.1 Å². The molecular weight excluding hydrogens is 310 g/mol. The molecule has 0 fully saturated rings. The van der Waals surface area contributed by atoms with Crippen molar-refractivity contribution >= 4 is 33.9 Å². The van der Waals surface area contributed by atoms with Crippen LogP contribution in [0.5, 0.6) is 0 Å². The van der Waals surface area contributed by atoms with Crippen molar-refractivity contribution in [2.75, 3.05) is 0 Å². The van der Waals surface area contributed by atoms with E-state index in [0.717, 1.165) is 22.0 Å². The number of carbonyl (C=O) groups excluding carboxylic acids is 1. The Morgan fingerprint density at radius 2 is 2.17 bits per heavy atom. The Balaban J connectivity index is 1.94. The second-order valence-corrected chi connectivity index (χ2v) is 6.36. The molecule has 5 heteroatoms. The van der Waals surface area contributed by atoms with Crippen LogP contribution < -0.4 is 4.57 Å². The number of aromatic nitrogens is 2. The summed E-state index contributed by atoms with van der Waals surface area (Å²) in [6, 6.07) is 9.64. The number of Topliss-reactive ketones (excluding diaryl/α,β-unsaturated/α-hetero) is 1. The van der Waals surface area contributed by atoms with Crippen LogP contribution in [0.2, 0.25) is 5.02 Å². The molecular formula is C18H15ClN3O+. The predicted octanol–water partition coefficient (Wildman–Crippen LogP) is 2.93. The van der Waals surface area contributed by atoms with Gasteiger partial charge in [0, 0.05) is 29.2 Å². The predicted molar refractivity (Wildman–Crippen MR) is 89.4 cm³/mol. The van der Waals surface area contributed by atoms with E-state index >= 15 is 0 Å². The van der Waals surface area contributed by atoms with Crippen LogP contribution in [-0.2, 0) is 20.0 Å². The van der Waals surface area contributed by atoms with Crippen molar-refractivity contribution in [2.24, 2.45) is 7.05 Å². The van der Waals surface area contributed by atoms with Gasteiger partial charge in [-0.1, -0.05) is 23.7 Å². The largest absolute Gasteiger partial charge is 0.339 e. The van der Waals surface area contributed by atoms with Gasteiger partial charge in [0.1, 0.15) is 12.7 Å². The van der Waals surface area contributed by atoms with Crippen molar-refractivity contribution < 1.29 is 9.36 Å². The lowest BCUT2D eigenvalue weighted by Gasteiger charge is -2.14. The van der Waals surface area contributed by atoms with E-state index in [-0.39, 0.29) is 11.5 Å². The smallest absolute Gasteiger partial charge is 0.224 e. The van der Waals surface area contributed by atoms with Crippen LogP contribution in [0, 0.1) is 5.41 Å². The highest BCUT2D eigenvalue weighted by atomic mass is 35.5. The van der Waals surface area contributed by atoms with Crippen molar-refractivity contribution in [2.45, 2.75) is 13.0 Å². The summed E-state index contributed by atoms with van der Waals surface area (Å²) in [6.07, 6.45) is 4.36. The summed E-state index contributed by atoms with van der Waals surface area (Å²) < 4.78 is 3.94. The van der Waals surface area contributed by atoms with E-state index in [0.29, 0.717) is 23.7 Å². The van der Waals surface area contributed by atoms with E-state index in [2.05, 4.69) is 0 Å². The second kappa shape index (κ2) is 5.03. The minimum atomic E-state index is -0.180. The standard InChI is InChI=1S/C18H15ClN3O/c1-21-6-5-12-10-22(9-11-3-2-4-13(19)7-11)17-16(12)15(21)8-14(20)18(17)23/h2-7,10,20H,8-9H2,1H3/q+1. The summed E-state index contributed by atoms with van der Waals surface area (Å²) in [5.41, 5.74) is 2.81. The molecule has 23 heavy (non-hydrogen) atoms. The van der Waals surface area contributed by atoms with Crippen LogP contribution in [0.15, 0.2) is 42.7 Å². The zero-order valence-corrected chi connectivity index (χ0v) is 13.4. The number of nitrogens with one attached hydrogen (secondary N) is 1. The van der Waals surface area contributed by atoms with Crippen molar-refractivity contribution in [3.63, 3.8) is 0 Å². The molecule has 0 radical (unpaired) electrons. The van der Waals surface area contributed by atoms with E-state index in [1.165, 1.54) is 0 Å². The van der Waals surface area contributed by atoms with Crippen LogP contribution in [0.1, 0.15) is 21.7 Å². The second-order valence-electron chi connectivity index (χ2n) is 5.92. The number of rotatable bonds is 2. The first kappa shape index (κ1) is 14.2. The fraction of sp³-hybridized carbons (Fsp3) is 0.167. The van der Waals surface area contributed by atoms with Crippen molar-refractivity contribution in [1.82, 2.24) is 4.57 Å². The Labute approximate surface area is 138 Å². The quantitative estimate of drug-likeness (QED) is 0.724. The maximum absolute atomic E-state index is 12.6. The minimum Gasteiger partial charge on any atom is -0.339 e. The molecule has 0 saturated heterocycles. The molecule has 1 aliphatic carbocycles. The molecule has 0 aliphatic heterocycles. The highest BCUT2D eigenvalue weighted by molar-refractivity contribution is 6.48. The first-order valence-corrected chi connectivity index (χ1v) is 7.79. The topological polar surface area (TPSA) is 49.7 Å². The maximum atomic E-state index is 12.6. The summed E-state index contributed by atoms with van der Waals surface area (Å²) in [5.74, 6) is -0.180. The zero-order valence-electron chi connectivity index (χ0n) is 12.6. The molecule has 1 aliphatic rings. The first-order chi connectivity index (χ1) is 11.0. The molecule has 3 aromatic rings. The van der Waals surface area contributed by atoms with E-state index in [1.807, 2.05) is 58.9 Å². The van der Waals surface area contributed by atoms with Gasteiger partial charge in [-0.15, -0.1) is 0 Å². The Morgan fingerprint density at radius 1 is 1.35 bits per heavy atom. The summed E-state index contributed by atoms with van der Waals surface area (Å²) in [7, 11) is 1.95. The van der Waals surface area contributed by atoms with Gasteiger partial charge >= 0.3 is 0 Å². The van der Waals surface area contributed by atoms with Gasteiger partial charge in [0.2, 0.25) is 5.78 Å². The molecule has 2 heterocycles. The number of hydrogen-bond donors (Lipinski definition) is 1. The monoisotopic (exact) mass is 324 g/mol. The Morgan fingerprint density at radius 3 is 2.96 bits per heavy atom. The number of carbonyl (C=O) groups is 1. The van der Waals surface area contributed by atoms with Crippen LogP contribution in [0.3, 0.4) is 0 Å². The third-order valence-corrected chi connectivity index (χ3v) is 4.61. The summed E-state index contributed by atoms with van der Waals surface area (Å²) in [6.45, 7) is 0.562. The van der Waals surface area contributed by atoms with E-state index < -0.39 is 0 Å². The SMILES string of the molecule is C[n+]1ccc2cn(Cc3cccc(Cl)c3)c3c2c1CC(=N)C3=O. The van der Waals surface area contributed by atoms with Crippen LogP contribution in [0.25, 0.3) is 10.8 Å². The summed E-state index contributed by atoms with van der Waals surface area (Å²) >= 11 is 6.06. The van der Waals surface area contributed by atoms with Gasteiger partial charge in [-0.2, -0.15) is 0 Å². The molecule has 0 saturated carbocycles. The number of benzene rings is 1. The molecule has 0 bridgehead atoms. The van der Waals surface area contributed by atoms with Gasteiger partial charge in [0.25, 0.3) is 0 Å². The molecule has 2 aromatic heterocycles. The highest BCUT2D eigenvalue weighted by Gasteiger charge is 2.32. The van der Waals surface area contributed by atoms with E-state index in [1.54, 1.807) is 0 Å². The Bertz CT molecular complexity index is 987. The number of aryl methyl sites for hydroxylation is 1. The lowest BCUT2D eigenvalue weighted by molar-refractivity contribution is -0.677. The zero-order chi connectivity index (χ0) is 16.1. The molecule has 0 spiro atoms. The number of hydrogen-bond acceptors (Lipinski definition) is 2. The molecule has 0 unspecified atom stereocenters. The van der Waals surface area contributed by atoms with Crippen LogP contribution in [0.4, 0.5) is 0 Å². The highest BCUT2D eigenvalue weighted by Crippen LogP contribution is 2.29. The summed E-state index contributed by atoms with van der Waals surface area (Å²) in [4.78, 5) is 12.6. The molecule has 1 N–H and O–H groups in total. The molecule has 1 aromatic carbocycles. The van der Waals surface area contributed by atoms with Gasteiger partial charge in [-0.3, -0.25) is 4.79 Å². The van der Waals surface area contributed by atoms with Crippen LogP contribution >= 0.6 is 11.6 Å². The number of halogens is 1. The molecule has 0 atom stereocenters. The Kier molecular flexibility index (Phi) is 3.10. The minimum absolute atomic E-state index is 0.145. The fourth-order valence-corrected chi connectivity index (χ4v) is 3.48. The molecule has 4 nitrogen and oxygen atoms in total. The van der Waals surface area contributed by atoms with Crippen molar-refractivity contribution in [1.29, 1.82) is 5.41 Å². The fourth-order valence-electron chi connectivity index (χ4n) is 3.27. The van der Waals surface area contributed by atoms with E-state index in [9.17, 15) is 4.79 Å². The Hall–Kier alpha value is -2.46. The van der Waals surface area contributed by atoms with Gasteiger partial charge in [-0.25, -0.2) is 4.57 Å². The van der Waals surface area contributed by atoms with Crippen molar-refractivity contribution in [3.8, 4) is 0 Å². The number of ketones is 1. The summed E-state index contributed by atoms with van der Waals surface area (Å²) in [5, 5.41) is 10.7. The van der Waals surface area contributed by atoms with Crippen molar-refractivity contribution in [3.05, 3.63) is 64.7 Å².